The van der Waals surface area contributed by atoms with Crippen molar-refractivity contribution >= 4 is 34.3 Å². The van der Waals surface area contributed by atoms with Gasteiger partial charge in [0.1, 0.15) is 5.15 Å². The molecule has 0 spiro atoms. The largest absolute Gasteiger partial charge is 0.343 e. The molecule has 0 saturated heterocycles. The number of aryl methyl sites for hydroxylation is 1. The van der Waals surface area contributed by atoms with Gasteiger partial charge < -0.3 is 0 Å². The van der Waals surface area contributed by atoms with Crippen molar-refractivity contribution in [1.29, 1.82) is 0 Å². The van der Waals surface area contributed by atoms with Crippen LogP contribution < -0.4 is 5.69 Å². The standard InChI is InChI=1S/C20H17ClN4OS/c21-18-16(12-15-8-4-5-9-17(15)22-18)13-27-20-24-23-19(26)25(20)11-10-14-6-2-1-3-7-14/h1-9,12H,10-11,13H2,(H,23,26). The van der Waals surface area contributed by atoms with E-state index < -0.39 is 0 Å². The Balaban J connectivity index is 1.50. The van der Waals surface area contributed by atoms with Crippen molar-refractivity contribution in [2.45, 2.75) is 23.9 Å². The summed E-state index contributed by atoms with van der Waals surface area (Å²) in [7, 11) is 0. The maximum Gasteiger partial charge on any atom is 0.343 e. The number of fused-ring (bicyclic) bond motifs is 1. The second kappa shape index (κ2) is 7.98. The second-order valence-corrected chi connectivity index (χ2v) is 7.42. The minimum absolute atomic E-state index is 0.198. The van der Waals surface area contributed by atoms with Gasteiger partial charge in [0.25, 0.3) is 0 Å². The number of pyridine rings is 1. The molecular weight excluding hydrogens is 380 g/mol. The summed E-state index contributed by atoms with van der Waals surface area (Å²) in [5.41, 5.74) is 2.78. The Morgan fingerprint density at radius 2 is 1.85 bits per heavy atom. The summed E-state index contributed by atoms with van der Waals surface area (Å²) >= 11 is 7.81. The van der Waals surface area contributed by atoms with E-state index in [4.69, 9.17) is 11.6 Å². The van der Waals surface area contributed by atoms with E-state index >= 15 is 0 Å². The molecule has 0 saturated carbocycles. The molecule has 27 heavy (non-hydrogen) atoms. The van der Waals surface area contributed by atoms with E-state index in [1.54, 1.807) is 4.57 Å². The topological polar surface area (TPSA) is 63.6 Å². The van der Waals surface area contributed by atoms with Crippen LogP contribution in [0.4, 0.5) is 0 Å². The van der Waals surface area contributed by atoms with Gasteiger partial charge in [-0.3, -0.25) is 4.57 Å². The second-order valence-electron chi connectivity index (χ2n) is 6.12. The van der Waals surface area contributed by atoms with Crippen molar-refractivity contribution in [2.24, 2.45) is 0 Å². The molecule has 0 aliphatic carbocycles. The molecule has 1 N–H and O–H groups in total. The molecule has 0 atom stereocenters. The van der Waals surface area contributed by atoms with Gasteiger partial charge >= 0.3 is 5.69 Å². The molecule has 0 amide bonds. The number of rotatable bonds is 6. The van der Waals surface area contributed by atoms with Gasteiger partial charge in [-0.15, -0.1) is 5.10 Å². The normalized spacial score (nSPS) is 11.1. The van der Waals surface area contributed by atoms with Gasteiger partial charge in [0.2, 0.25) is 0 Å². The number of hydrogen-bond donors (Lipinski definition) is 1. The average Bonchev–Trinajstić information content (AvgIpc) is 3.05. The first-order valence-corrected chi connectivity index (χ1v) is 9.93. The molecule has 5 nitrogen and oxygen atoms in total. The van der Waals surface area contributed by atoms with Gasteiger partial charge in [-0.1, -0.05) is 71.9 Å². The van der Waals surface area contributed by atoms with Crippen LogP contribution >= 0.6 is 23.4 Å². The van der Waals surface area contributed by atoms with Crippen LogP contribution in [0.3, 0.4) is 0 Å². The Bertz CT molecular complexity index is 1120. The van der Waals surface area contributed by atoms with Gasteiger partial charge in [-0.25, -0.2) is 14.9 Å². The van der Waals surface area contributed by atoms with Crippen LogP contribution in [-0.2, 0) is 18.7 Å². The van der Waals surface area contributed by atoms with Gasteiger partial charge in [0.15, 0.2) is 5.16 Å². The summed E-state index contributed by atoms with van der Waals surface area (Å²) in [5.74, 6) is 0.590. The van der Waals surface area contributed by atoms with Crippen LogP contribution in [0.15, 0.2) is 70.6 Å². The SMILES string of the molecule is O=c1[nH]nc(SCc2cc3ccccc3nc2Cl)n1CCc1ccccc1. The van der Waals surface area contributed by atoms with Crippen molar-refractivity contribution in [3.8, 4) is 0 Å². The number of nitrogens with zero attached hydrogens (tertiary/aromatic N) is 3. The van der Waals surface area contributed by atoms with Gasteiger partial charge in [-0.2, -0.15) is 0 Å². The minimum atomic E-state index is -0.198. The molecular formula is C20H17ClN4OS. The Labute approximate surface area is 165 Å². The molecule has 2 aromatic carbocycles. The van der Waals surface area contributed by atoms with E-state index in [2.05, 4.69) is 27.3 Å². The Hall–Kier alpha value is -2.57. The lowest BCUT2D eigenvalue weighted by atomic mass is 10.1. The van der Waals surface area contributed by atoms with Crippen LogP contribution in [0.25, 0.3) is 10.9 Å². The molecule has 0 unspecified atom stereocenters. The van der Waals surface area contributed by atoms with Gasteiger partial charge in [0, 0.05) is 23.2 Å². The zero-order valence-corrected chi connectivity index (χ0v) is 16.0. The maximum absolute atomic E-state index is 12.1. The van der Waals surface area contributed by atoms with Crippen LogP contribution in [0.2, 0.25) is 5.15 Å². The number of aromatic nitrogens is 4. The summed E-state index contributed by atoms with van der Waals surface area (Å²) < 4.78 is 1.67. The smallest absolute Gasteiger partial charge is 0.270 e. The third kappa shape index (κ3) is 4.07. The number of halogens is 1. The van der Waals surface area contributed by atoms with Crippen molar-refractivity contribution in [1.82, 2.24) is 19.7 Å². The molecule has 0 radical (unpaired) electrons. The fourth-order valence-electron chi connectivity index (χ4n) is 2.88. The average molecular weight is 397 g/mol. The highest BCUT2D eigenvalue weighted by Gasteiger charge is 2.12. The van der Waals surface area contributed by atoms with E-state index in [1.165, 1.54) is 17.3 Å². The highest BCUT2D eigenvalue weighted by atomic mass is 35.5. The minimum Gasteiger partial charge on any atom is -0.270 e. The molecule has 0 bridgehead atoms. The Morgan fingerprint density at radius 3 is 2.70 bits per heavy atom. The van der Waals surface area contributed by atoms with Crippen molar-refractivity contribution in [2.75, 3.05) is 0 Å². The van der Waals surface area contributed by atoms with E-state index in [0.29, 0.717) is 22.6 Å². The zero-order valence-electron chi connectivity index (χ0n) is 14.4. The lowest BCUT2D eigenvalue weighted by Gasteiger charge is -2.07. The highest BCUT2D eigenvalue weighted by molar-refractivity contribution is 7.98. The van der Waals surface area contributed by atoms with Crippen molar-refractivity contribution < 1.29 is 0 Å². The highest BCUT2D eigenvalue weighted by Crippen LogP contribution is 2.27. The predicted octanol–water partition coefficient (Wildman–Crippen LogP) is 4.31. The summed E-state index contributed by atoms with van der Waals surface area (Å²) in [6.07, 6.45) is 0.770. The van der Waals surface area contributed by atoms with Crippen molar-refractivity contribution in [3.63, 3.8) is 0 Å². The fourth-order valence-corrected chi connectivity index (χ4v) is 4.11. The molecule has 136 valence electrons. The predicted molar refractivity (Wildman–Crippen MR) is 109 cm³/mol. The Morgan fingerprint density at radius 1 is 1.07 bits per heavy atom. The lowest BCUT2D eigenvalue weighted by molar-refractivity contribution is 0.616. The molecule has 4 aromatic rings. The number of thioether (sulfide) groups is 1. The van der Waals surface area contributed by atoms with Crippen LogP contribution in [-0.4, -0.2) is 19.7 Å². The van der Waals surface area contributed by atoms with Crippen LogP contribution in [0, 0.1) is 0 Å². The first-order valence-electron chi connectivity index (χ1n) is 8.57. The maximum atomic E-state index is 12.1. The Kier molecular flexibility index (Phi) is 5.27. The molecule has 2 heterocycles. The molecule has 0 fully saturated rings. The third-order valence-electron chi connectivity index (χ3n) is 4.30. The quantitative estimate of drug-likeness (QED) is 0.389. The summed E-state index contributed by atoms with van der Waals surface area (Å²) in [6.45, 7) is 0.575. The van der Waals surface area contributed by atoms with E-state index in [9.17, 15) is 4.79 Å². The number of aromatic amines is 1. The molecule has 0 aliphatic rings. The van der Waals surface area contributed by atoms with Crippen LogP contribution in [0.1, 0.15) is 11.1 Å². The first kappa shape index (κ1) is 17.8. The van der Waals surface area contributed by atoms with Gasteiger partial charge in [-0.05, 0) is 24.1 Å². The summed E-state index contributed by atoms with van der Waals surface area (Å²) in [5, 5.41) is 8.88. The van der Waals surface area contributed by atoms with Crippen molar-refractivity contribution in [3.05, 3.63) is 87.4 Å². The lowest BCUT2D eigenvalue weighted by Crippen LogP contribution is -2.18. The summed E-state index contributed by atoms with van der Waals surface area (Å²) in [6, 6.07) is 20.0. The molecule has 4 rings (SSSR count). The first-order chi connectivity index (χ1) is 13.2. The van der Waals surface area contributed by atoms with Gasteiger partial charge in [0.05, 0.1) is 5.52 Å². The molecule has 7 heteroatoms. The van der Waals surface area contributed by atoms with Crippen LogP contribution in [0.5, 0.6) is 0 Å². The zero-order chi connectivity index (χ0) is 18.6. The fraction of sp³-hybridized carbons (Fsp3) is 0.150. The number of hydrogen-bond acceptors (Lipinski definition) is 4. The van der Waals surface area contributed by atoms with E-state index in [0.717, 1.165) is 22.9 Å². The van der Waals surface area contributed by atoms with E-state index in [1.807, 2.05) is 48.5 Å². The molecule has 2 aromatic heterocycles. The molecule has 0 aliphatic heterocycles. The monoisotopic (exact) mass is 396 g/mol. The third-order valence-corrected chi connectivity index (χ3v) is 5.65. The number of H-pyrrole nitrogens is 1. The van der Waals surface area contributed by atoms with E-state index in [-0.39, 0.29) is 5.69 Å². The summed E-state index contributed by atoms with van der Waals surface area (Å²) in [4.78, 5) is 16.6. The number of para-hydroxylation sites is 1. The number of nitrogens with one attached hydrogen (secondary N) is 1. The number of benzene rings is 2.